The maximum absolute atomic E-state index is 12.9. The third kappa shape index (κ3) is 5.93. The number of hydrogen-bond acceptors (Lipinski definition) is 11. The Balaban J connectivity index is 1.97. The van der Waals surface area contributed by atoms with E-state index in [1.54, 1.807) is 30.3 Å². The van der Waals surface area contributed by atoms with Crippen LogP contribution in [0.1, 0.15) is 37.4 Å². The summed E-state index contributed by atoms with van der Waals surface area (Å²) in [4.78, 5) is 64.2. The molecule has 3 rings (SSSR count). The van der Waals surface area contributed by atoms with Gasteiger partial charge in [0.1, 0.15) is 12.4 Å². The van der Waals surface area contributed by atoms with Gasteiger partial charge in [0, 0.05) is 32.5 Å². The van der Waals surface area contributed by atoms with Gasteiger partial charge < -0.3 is 29.4 Å². The molecule has 36 heavy (non-hydrogen) atoms. The number of esters is 3. The minimum atomic E-state index is -1.86. The predicted octanol–water partition coefficient (Wildman–Crippen LogP) is 0.182. The van der Waals surface area contributed by atoms with E-state index in [0.717, 1.165) is 25.3 Å². The average molecular weight is 503 g/mol. The molecule has 2 aromatic rings. The quantitative estimate of drug-likeness (QED) is 0.372. The van der Waals surface area contributed by atoms with Gasteiger partial charge in [-0.25, -0.2) is 4.79 Å². The Bertz CT molecular complexity index is 1200. The second-order valence-corrected chi connectivity index (χ2v) is 7.94. The molecule has 0 saturated carbocycles. The average Bonchev–Trinajstić information content (AvgIpc) is 3.10. The lowest BCUT2D eigenvalue weighted by molar-refractivity contribution is -0.185. The molecular formula is C23H25N3O10. The first-order valence-corrected chi connectivity index (χ1v) is 10.8. The van der Waals surface area contributed by atoms with Crippen LogP contribution in [0.2, 0.25) is 0 Å². The van der Waals surface area contributed by atoms with Crippen LogP contribution in [0.15, 0.2) is 47.4 Å². The summed E-state index contributed by atoms with van der Waals surface area (Å²) in [7, 11) is 0. The molecule has 1 aromatic heterocycles. The fraction of sp³-hybridized carbons (Fsp3) is 0.391. The van der Waals surface area contributed by atoms with Crippen LogP contribution in [0.5, 0.6) is 0 Å². The highest BCUT2D eigenvalue weighted by atomic mass is 16.7. The third-order valence-electron chi connectivity index (χ3n) is 5.22. The normalized spacial score (nSPS) is 22.9. The first-order chi connectivity index (χ1) is 17.1. The van der Waals surface area contributed by atoms with Crippen LogP contribution in [0.3, 0.4) is 0 Å². The fourth-order valence-electron chi connectivity index (χ4n) is 3.67. The molecule has 1 fully saturated rings. The summed E-state index contributed by atoms with van der Waals surface area (Å²) in [6, 6.07) is 9.57. The van der Waals surface area contributed by atoms with Crippen molar-refractivity contribution in [2.45, 2.75) is 44.8 Å². The lowest BCUT2D eigenvalue weighted by Gasteiger charge is -2.31. The molecule has 1 aliphatic heterocycles. The van der Waals surface area contributed by atoms with Gasteiger partial charge in [0.15, 0.2) is 24.0 Å². The number of aromatic nitrogens is 2. The number of carbonyl (C=O) groups is 4. The summed E-state index contributed by atoms with van der Waals surface area (Å²) >= 11 is 0. The summed E-state index contributed by atoms with van der Waals surface area (Å²) in [5.74, 6) is -2.85. The van der Waals surface area contributed by atoms with E-state index in [1.165, 1.54) is 12.3 Å². The molecule has 0 unspecified atom stereocenters. The molecule has 2 N–H and O–H groups in total. The molecule has 1 saturated heterocycles. The zero-order valence-electron chi connectivity index (χ0n) is 19.7. The van der Waals surface area contributed by atoms with Gasteiger partial charge in [-0.2, -0.15) is 4.98 Å². The Labute approximate surface area is 204 Å². The van der Waals surface area contributed by atoms with Crippen molar-refractivity contribution in [3.8, 4) is 0 Å². The molecule has 1 aliphatic rings. The van der Waals surface area contributed by atoms with Crippen molar-refractivity contribution in [2.75, 3.05) is 18.5 Å². The largest absolute Gasteiger partial charge is 0.463 e. The number of rotatable bonds is 8. The second kappa shape index (κ2) is 11.1. The van der Waals surface area contributed by atoms with E-state index < -0.39 is 66.8 Å². The lowest BCUT2D eigenvalue weighted by Crippen LogP contribution is -2.53. The van der Waals surface area contributed by atoms with Crippen LogP contribution in [0.4, 0.5) is 5.82 Å². The number of benzene rings is 1. The number of hydrogen-bond donors (Lipinski definition) is 2. The fourth-order valence-corrected chi connectivity index (χ4v) is 3.67. The van der Waals surface area contributed by atoms with Crippen LogP contribution in [-0.4, -0.2) is 69.5 Å². The van der Waals surface area contributed by atoms with Crippen LogP contribution < -0.4 is 11.0 Å². The summed E-state index contributed by atoms with van der Waals surface area (Å²) in [6.45, 7) is 1.91. The van der Waals surface area contributed by atoms with Gasteiger partial charge in [-0.1, -0.05) is 18.2 Å². The number of nitrogens with zero attached hydrogens (tertiary/aromatic N) is 2. The zero-order chi connectivity index (χ0) is 26.5. The third-order valence-corrected chi connectivity index (χ3v) is 5.22. The minimum Gasteiger partial charge on any atom is -0.463 e. The molecule has 192 valence electrons. The molecule has 0 aliphatic carbocycles. The van der Waals surface area contributed by atoms with Gasteiger partial charge in [-0.15, -0.1) is 0 Å². The molecule has 0 spiro atoms. The molecule has 13 heteroatoms. The molecule has 2 heterocycles. The van der Waals surface area contributed by atoms with Gasteiger partial charge in [0.2, 0.25) is 0 Å². The van der Waals surface area contributed by atoms with Gasteiger partial charge in [0.05, 0.1) is 6.61 Å². The van der Waals surface area contributed by atoms with Gasteiger partial charge >= 0.3 is 23.6 Å². The van der Waals surface area contributed by atoms with Crippen molar-refractivity contribution in [1.82, 2.24) is 9.55 Å². The van der Waals surface area contributed by atoms with E-state index in [1.807, 2.05) is 0 Å². The summed E-state index contributed by atoms with van der Waals surface area (Å²) < 4.78 is 22.4. The number of carbonyl (C=O) groups excluding carboxylic acids is 4. The minimum absolute atomic E-state index is 0.0583. The molecule has 13 nitrogen and oxygen atoms in total. The van der Waals surface area contributed by atoms with Crippen molar-refractivity contribution in [1.29, 1.82) is 0 Å². The van der Waals surface area contributed by atoms with Gasteiger partial charge in [-0.3, -0.25) is 23.7 Å². The number of aliphatic hydroxyl groups excluding tert-OH is 1. The topological polar surface area (TPSA) is 172 Å². The first-order valence-electron chi connectivity index (χ1n) is 10.8. The molecule has 0 bridgehead atoms. The van der Waals surface area contributed by atoms with E-state index in [4.69, 9.17) is 18.9 Å². The highest BCUT2D eigenvalue weighted by molar-refractivity contribution is 6.03. The van der Waals surface area contributed by atoms with E-state index in [-0.39, 0.29) is 5.82 Å². The van der Waals surface area contributed by atoms with Crippen LogP contribution >= 0.6 is 0 Å². The Kier molecular flexibility index (Phi) is 8.17. The number of nitrogens with one attached hydrogen (secondary N) is 1. The van der Waals surface area contributed by atoms with Crippen molar-refractivity contribution >= 4 is 29.6 Å². The number of aliphatic hydroxyl groups is 1. The zero-order valence-corrected chi connectivity index (χ0v) is 19.7. The maximum atomic E-state index is 12.9. The van der Waals surface area contributed by atoms with E-state index >= 15 is 0 Å². The monoisotopic (exact) mass is 503 g/mol. The summed E-state index contributed by atoms with van der Waals surface area (Å²) in [5, 5.41) is 12.7. The van der Waals surface area contributed by atoms with E-state index in [9.17, 15) is 29.1 Å². The Morgan fingerprint density at radius 1 is 1.06 bits per heavy atom. The van der Waals surface area contributed by atoms with E-state index in [0.29, 0.717) is 5.56 Å². The van der Waals surface area contributed by atoms with Crippen LogP contribution in [-0.2, 0) is 33.3 Å². The van der Waals surface area contributed by atoms with E-state index in [2.05, 4.69) is 10.3 Å². The number of anilines is 1. The first kappa shape index (κ1) is 26.5. The van der Waals surface area contributed by atoms with Crippen molar-refractivity contribution in [3.63, 3.8) is 0 Å². The van der Waals surface area contributed by atoms with Gasteiger partial charge in [-0.05, 0) is 18.2 Å². The predicted molar refractivity (Wildman–Crippen MR) is 121 cm³/mol. The maximum Gasteiger partial charge on any atom is 0.351 e. The second-order valence-electron chi connectivity index (χ2n) is 7.94. The molecule has 0 radical (unpaired) electrons. The van der Waals surface area contributed by atoms with Crippen molar-refractivity contribution in [2.24, 2.45) is 0 Å². The standard InChI is InChI=1S/C23H25N3O10/c1-13(28)33-12-23(11-27)19(35-15(3)30)18(34-14(2)29)21(36-23)26-10-9-17(25-22(26)32)24-20(31)16-7-5-4-6-8-16/h4-10,18-19,21,27H,11-12H2,1-3H3,(H,24,25,31,32)/t18-,19-,21-,23-/m1/s1. The molecule has 1 amide bonds. The highest BCUT2D eigenvalue weighted by Gasteiger charge is 2.60. The molecule has 1 aromatic carbocycles. The Hall–Kier alpha value is -4.10. The van der Waals surface area contributed by atoms with Crippen molar-refractivity contribution < 1.29 is 43.2 Å². The highest BCUT2D eigenvalue weighted by Crippen LogP contribution is 2.40. The number of amides is 1. The van der Waals surface area contributed by atoms with Crippen LogP contribution in [0.25, 0.3) is 0 Å². The van der Waals surface area contributed by atoms with Crippen LogP contribution in [0, 0.1) is 0 Å². The summed E-state index contributed by atoms with van der Waals surface area (Å²) in [5.41, 5.74) is -2.42. The lowest BCUT2D eigenvalue weighted by atomic mass is 9.96. The Morgan fingerprint density at radius 2 is 1.72 bits per heavy atom. The summed E-state index contributed by atoms with van der Waals surface area (Å²) in [6.07, 6.45) is -3.07. The van der Waals surface area contributed by atoms with Crippen molar-refractivity contribution in [3.05, 3.63) is 58.6 Å². The molecular weight excluding hydrogens is 478 g/mol. The SMILES string of the molecule is CC(=O)OC[C@@]1(CO)O[C@@H](n2ccc(NC(=O)c3ccccc3)nc2=O)[C@H](OC(C)=O)[C@H]1OC(C)=O. The van der Waals surface area contributed by atoms with Gasteiger partial charge in [0.25, 0.3) is 5.91 Å². The number of ether oxygens (including phenoxy) is 4. The Morgan fingerprint density at radius 3 is 2.28 bits per heavy atom. The molecule has 4 atom stereocenters. The smallest absolute Gasteiger partial charge is 0.351 e.